The number of nitrogens with zero attached hydrogens (tertiary/aromatic N) is 1. The van der Waals surface area contributed by atoms with Crippen LogP contribution in [0.1, 0.15) is 24.2 Å². The summed E-state index contributed by atoms with van der Waals surface area (Å²) in [6.45, 7) is 4.53. The van der Waals surface area contributed by atoms with Gasteiger partial charge in [-0.05, 0) is 23.5 Å². The molecule has 1 saturated heterocycles. The molecular formula is C17H18FNO5. The van der Waals surface area contributed by atoms with E-state index in [0.29, 0.717) is 6.54 Å². The first-order valence-electron chi connectivity index (χ1n) is 7.84. The van der Waals surface area contributed by atoms with Crippen molar-refractivity contribution in [2.45, 2.75) is 19.9 Å². The fraction of sp³-hybridized carbons (Fsp3) is 0.529. The summed E-state index contributed by atoms with van der Waals surface area (Å²) in [7, 11) is 1.32. The molecule has 3 aliphatic rings. The standard InChI is InChI=1S/C17H18FNO5/c1-17(2)9-6-19(12(11(9)17)16(21)22-3)15(20)8-4-5-10(18)14-13(8)23-7-24-14/h4-5,9,11-12H,6-7H2,1-3H3/t9-,11-,12-/m0/s1. The van der Waals surface area contributed by atoms with Crippen molar-refractivity contribution < 1.29 is 28.2 Å². The van der Waals surface area contributed by atoms with Crippen molar-refractivity contribution in [3.05, 3.63) is 23.5 Å². The second-order valence-corrected chi connectivity index (χ2v) is 7.04. The molecule has 2 aliphatic heterocycles. The molecule has 1 aliphatic carbocycles. The number of halogens is 1. The average molecular weight is 335 g/mol. The van der Waals surface area contributed by atoms with E-state index in [9.17, 15) is 14.0 Å². The number of ether oxygens (including phenoxy) is 3. The van der Waals surface area contributed by atoms with Crippen molar-refractivity contribution in [3.8, 4) is 11.5 Å². The van der Waals surface area contributed by atoms with Gasteiger partial charge in [-0.1, -0.05) is 13.8 Å². The number of piperidine rings is 1. The Morgan fingerprint density at radius 3 is 2.71 bits per heavy atom. The zero-order chi connectivity index (χ0) is 17.2. The van der Waals surface area contributed by atoms with Crippen LogP contribution in [0.25, 0.3) is 0 Å². The van der Waals surface area contributed by atoms with Crippen molar-refractivity contribution in [3.63, 3.8) is 0 Å². The molecule has 1 saturated carbocycles. The summed E-state index contributed by atoms with van der Waals surface area (Å²) in [5.41, 5.74) is 0.219. The first-order chi connectivity index (χ1) is 11.4. The molecule has 0 N–H and O–H groups in total. The van der Waals surface area contributed by atoms with Crippen LogP contribution in [0.3, 0.4) is 0 Å². The molecule has 0 unspecified atom stereocenters. The predicted molar refractivity (Wildman–Crippen MR) is 80.1 cm³/mol. The second-order valence-electron chi connectivity index (χ2n) is 7.04. The predicted octanol–water partition coefficient (Wildman–Crippen LogP) is 1.82. The van der Waals surface area contributed by atoms with Crippen molar-refractivity contribution >= 4 is 11.9 Å². The topological polar surface area (TPSA) is 65.1 Å². The highest BCUT2D eigenvalue weighted by molar-refractivity contribution is 6.00. The number of benzene rings is 1. The molecular weight excluding hydrogens is 317 g/mol. The highest BCUT2D eigenvalue weighted by Crippen LogP contribution is 2.65. The van der Waals surface area contributed by atoms with Gasteiger partial charge in [0.15, 0.2) is 11.6 Å². The monoisotopic (exact) mass is 335 g/mol. The lowest BCUT2D eigenvalue weighted by Gasteiger charge is -2.29. The van der Waals surface area contributed by atoms with Gasteiger partial charge in [-0.2, -0.15) is 0 Å². The van der Waals surface area contributed by atoms with Gasteiger partial charge in [0, 0.05) is 12.5 Å². The summed E-state index contributed by atoms with van der Waals surface area (Å²) in [5.74, 6) is -0.971. The summed E-state index contributed by atoms with van der Waals surface area (Å²) in [6, 6.07) is 1.92. The molecule has 1 amide bonds. The molecule has 7 heteroatoms. The van der Waals surface area contributed by atoms with Crippen LogP contribution in [0.2, 0.25) is 0 Å². The van der Waals surface area contributed by atoms with Gasteiger partial charge < -0.3 is 19.1 Å². The molecule has 4 rings (SSSR count). The highest BCUT2D eigenvalue weighted by Gasteiger charge is 2.69. The molecule has 2 heterocycles. The molecule has 2 fully saturated rings. The van der Waals surface area contributed by atoms with Gasteiger partial charge >= 0.3 is 5.97 Å². The normalized spacial score (nSPS) is 28.5. The number of methoxy groups -OCH3 is 1. The summed E-state index contributed by atoms with van der Waals surface area (Å²) >= 11 is 0. The number of hydrogen-bond donors (Lipinski definition) is 0. The third-order valence-corrected chi connectivity index (χ3v) is 5.61. The Bertz CT molecular complexity index is 747. The smallest absolute Gasteiger partial charge is 0.328 e. The minimum atomic E-state index is -0.620. The number of likely N-dealkylation sites (tertiary alicyclic amines) is 1. The Hall–Kier alpha value is -2.31. The van der Waals surface area contributed by atoms with Crippen molar-refractivity contribution in [2.75, 3.05) is 20.4 Å². The van der Waals surface area contributed by atoms with Crippen molar-refractivity contribution in [1.29, 1.82) is 0 Å². The van der Waals surface area contributed by atoms with Gasteiger partial charge in [0.2, 0.25) is 12.5 Å². The fourth-order valence-corrected chi connectivity index (χ4v) is 4.17. The molecule has 6 nitrogen and oxygen atoms in total. The van der Waals surface area contributed by atoms with Gasteiger partial charge in [0.25, 0.3) is 5.91 Å². The Kier molecular flexibility index (Phi) is 3.07. The largest absolute Gasteiger partial charge is 0.467 e. The average Bonchev–Trinajstić information content (AvgIpc) is 3.02. The quantitative estimate of drug-likeness (QED) is 0.772. The maximum absolute atomic E-state index is 13.7. The number of esters is 1. The van der Waals surface area contributed by atoms with E-state index in [0.717, 1.165) is 0 Å². The Morgan fingerprint density at radius 2 is 2.00 bits per heavy atom. The van der Waals surface area contributed by atoms with E-state index >= 15 is 0 Å². The second kappa shape index (κ2) is 4.84. The molecule has 1 aromatic rings. The van der Waals surface area contributed by atoms with Crippen molar-refractivity contribution in [2.24, 2.45) is 17.3 Å². The third kappa shape index (κ3) is 1.87. The molecule has 1 aromatic carbocycles. The molecule has 0 radical (unpaired) electrons. The van der Waals surface area contributed by atoms with E-state index in [-0.39, 0.29) is 47.0 Å². The van der Waals surface area contributed by atoms with E-state index in [1.165, 1.54) is 24.1 Å². The van der Waals surface area contributed by atoms with E-state index in [2.05, 4.69) is 13.8 Å². The zero-order valence-corrected chi connectivity index (χ0v) is 13.7. The van der Waals surface area contributed by atoms with Gasteiger partial charge in [0.1, 0.15) is 6.04 Å². The maximum Gasteiger partial charge on any atom is 0.328 e. The summed E-state index contributed by atoms with van der Waals surface area (Å²) in [6.07, 6.45) is 0. The maximum atomic E-state index is 13.7. The van der Waals surface area contributed by atoms with Crippen LogP contribution in [0.5, 0.6) is 11.5 Å². The minimum Gasteiger partial charge on any atom is -0.467 e. The van der Waals surface area contributed by atoms with Crippen LogP contribution in [-0.4, -0.2) is 43.3 Å². The molecule has 128 valence electrons. The summed E-state index contributed by atoms with van der Waals surface area (Å²) in [5, 5.41) is 0. The SMILES string of the molecule is COC(=O)[C@@H]1[C@@H]2[C@H](CN1C(=O)c1ccc(F)c3c1OCO3)C2(C)C. The molecule has 3 atom stereocenters. The molecule has 0 spiro atoms. The van der Waals surface area contributed by atoms with E-state index in [4.69, 9.17) is 14.2 Å². The number of rotatable bonds is 2. The highest BCUT2D eigenvalue weighted by atomic mass is 19.1. The number of hydrogen-bond acceptors (Lipinski definition) is 5. The van der Waals surface area contributed by atoms with E-state index in [1.807, 2.05) is 0 Å². The zero-order valence-electron chi connectivity index (χ0n) is 13.7. The lowest BCUT2D eigenvalue weighted by molar-refractivity contribution is -0.146. The van der Waals surface area contributed by atoms with Crippen LogP contribution in [-0.2, 0) is 9.53 Å². The van der Waals surface area contributed by atoms with Crippen LogP contribution in [0, 0.1) is 23.1 Å². The molecule has 0 bridgehead atoms. The first-order valence-corrected chi connectivity index (χ1v) is 7.84. The van der Waals surface area contributed by atoms with Crippen LogP contribution in [0.15, 0.2) is 12.1 Å². The fourth-order valence-electron chi connectivity index (χ4n) is 4.17. The lowest BCUT2D eigenvalue weighted by Crippen LogP contribution is -2.46. The van der Waals surface area contributed by atoms with Gasteiger partial charge in [-0.3, -0.25) is 4.79 Å². The Balaban J connectivity index is 1.68. The van der Waals surface area contributed by atoms with Gasteiger partial charge in [-0.25, -0.2) is 9.18 Å². The van der Waals surface area contributed by atoms with Crippen LogP contribution < -0.4 is 9.47 Å². The minimum absolute atomic E-state index is 0.0139. The molecule has 0 aromatic heterocycles. The number of carbonyl (C=O) groups excluding carboxylic acids is 2. The summed E-state index contributed by atoms with van der Waals surface area (Å²) < 4.78 is 29.0. The third-order valence-electron chi connectivity index (χ3n) is 5.61. The summed E-state index contributed by atoms with van der Waals surface area (Å²) in [4.78, 5) is 26.7. The van der Waals surface area contributed by atoms with Gasteiger partial charge in [-0.15, -0.1) is 0 Å². The Labute approximate surface area is 138 Å². The number of carbonyl (C=O) groups is 2. The van der Waals surface area contributed by atoms with E-state index in [1.54, 1.807) is 0 Å². The molecule has 24 heavy (non-hydrogen) atoms. The van der Waals surface area contributed by atoms with Gasteiger partial charge in [0.05, 0.1) is 12.7 Å². The Morgan fingerprint density at radius 1 is 1.29 bits per heavy atom. The lowest BCUT2D eigenvalue weighted by atomic mass is 10.00. The van der Waals surface area contributed by atoms with Crippen LogP contribution >= 0.6 is 0 Å². The van der Waals surface area contributed by atoms with Crippen LogP contribution in [0.4, 0.5) is 4.39 Å². The number of amides is 1. The van der Waals surface area contributed by atoms with Crippen molar-refractivity contribution in [1.82, 2.24) is 4.90 Å². The first kappa shape index (κ1) is 15.2. The number of fused-ring (bicyclic) bond motifs is 2. The van der Waals surface area contributed by atoms with E-state index < -0.39 is 17.8 Å².